The minimum atomic E-state index is 0.138. The topological polar surface area (TPSA) is 23.6 Å². The van der Waals surface area contributed by atoms with Crippen LogP contribution in [0.1, 0.15) is 31.2 Å². The van der Waals surface area contributed by atoms with Crippen molar-refractivity contribution in [3.8, 4) is 0 Å². The average molecular weight is 258 g/mol. The van der Waals surface area contributed by atoms with Gasteiger partial charge in [-0.2, -0.15) is 0 Å². The second kappa shape index (κ2) is 4.97. The molecule has 3 rings (SSSR count). The second-order valence-electron chi connectivity index (χ2n) is 5.99. The van der Waals surface area contributed by atoms with E-state index in [2.05, 4.69) is 41.1 Å². The van der Waals surface area contributed by atoms with E-state index in [9.17, 15) is 4.79 Å². The molecule has 3 heteroatoms. The van der Waals surface area contributed by atoms with E-state index in [1.54, 1.807) is 0 Å². The van der Waals surface area contributed by atoms with Crippen LogP contribution in [-0.4, -0.2) is 41.4 Å². The number of hydrogen-bond donors (Lipinski definition) is 0. The molecule has 19 heavy (non-hydrogen) atoms. The van der Waals surface area contributed by atoms with Gasteiger partial charge in [0.2, 0.25) is 5.91 Å². The van der Waals surface area contributed by atoms with Crippen molar-refractivity contribution in [2.24, 2.45) is 0 Å². The molecule has 2 fully saturated rings. The summed E-state index contributed by atoms with van der Waals surface area (Å²) < 4.78 is 0. The molecule has 0 bridgehead atoms. The molecule has 2 saturated heterocycles. The first-order chi connectivity index (χ1) is 9.20. The van der Waals surface area contributed by atoms with Crippen LogP contribution in [0.4, 0.5) is 0 Å². The van der Waals surface area contributed by atoms with Gasteiger partial charge in [-0.15, -0.1) is 0 Å². The number of benzene rings is 1. The molecule has 2 heterocycles. The minimum Gasteiger partial charge on any atom is -0.333 e. The predicted octanol–water partition coefficient (Wildman–Crippen LogP) is 2.27. The normalized spacial score (nSPS) is 23.2. The van der Waals surface area contributed by atoms with Gasteiger partial charge in [0, 0.05) is 31.6 Å². The summed E-state index contributed by atoms with van der Waals surface area (Å²) in [5.74, 6) is 0.341. The van der Waals surface area contributed by atoms with Crippen LogP contribution in [0.25, 0.3) is 0 Å². The van der Waals surface area contributed by atoms with E-state index in [1.165, 1.54) is 5.56 Å². The fraction of sp³-hybridized carbons (Fsp3) is 0.562. The van der Waals surface area contributed by atoms with Crippen LogP contribution in [0, 0.1) is 0 Å². The first-order valence-corrected chi connectivity index (χ1v) is 7.23. The zero-order valence-corrected chi connectivity index (χ0v) is 11.6. The Balaban J connectivity index is 1.79. The molecule has 1 aromatic rings. The van der Waals surface area contributed by atoms with Crippen molar-refractivity contribution in [2.75, 3.05) is 20.1 Å². The lowest BCUT2D eigenvalue weighted by Crippen LogP contribution is -2.52. The van der Waals surface area contributed by atoms with E-state index < -0.39 is 0 Å². The third-order valence-electron chi connectivity index (χ3n) is 4.78. The lowest BCUT2D eigenvalue weighted by molar-refractivity contribution is -0.133. The lowest BCUT2D eigenvalue weighted by atomic mass is 9.85. The minimum absolute atomic E-state index is 0.138. The molecule has 0 aliphatic carbocycles. The molecule has 1 spiro atoms. The van der Waals surface area contributed by atoms with Gasteiger partial charge in [-0.25, -0.2) is 0 Å². The summed E-state index contributed by atoms with van der Waals surface area (Å²) in [5, 5.41) is 0. The largest absolute Gasteiger partial charge is 0.333 e. The van der Waals surface area contributed by atoms with E-state index >= 15 is 0 Å². The molecule has 102 valence electrons. The first kappa shape index (κ1) is 12.7. The molecule has 2 aliphatic heterocycles. The zero-order valence-electron chi connectivity index (χ0n) is 11.6. The molecule has 3 nitrogen and oxygen atoms in total. The maximum Gasteiger partial charge on any atom is 0.223 e. The molecule has 2 aliphatic rings. The number of hydrogen-bond acceptors (Lipinski definition) is 2. The van der Waals surface area contributed by atoms with Gasteiger partial charge in [-0.05, 0) is 31.9 Å². The maximum atomic E-state index is 12.2. The SMILES string of the molecule is CN1CCC2(CCC(=O)N2Cc2ccccc2)CC1. The Kier molecular flexibility index (Phi) is 3.31. The first-order valence-electron chi connectivity index (χ1n) is 7.23. The van der Waals surface area contributed by atoms with Crippen molar-refractivity contribution in [3.63, 3.8) is 0 Å². The van der Waals surface area contributed by atoms with Crippen LogP contribution < -0.4 is 0 Å². The van der Waals surface area contributed by atoms with Crippen LogP contribution in [0.2, 0.25) is 0 Å². The summed E-state index contributed by atoms with van der Waals surface area (Å²) >= 11 is 0. The summed E-state index contributed by atoms with van der Waals surface area (Å²) in [4.78, 5) is 16.8. The van der Waals surface area contributed by atoms with E-state index in [0.29, 0.717) is 5.91 Å². The Morgan fingerprint density at radius 2 is 1.79 bits per heavy atom. The highest BCUT2D eigenvalue weighted by Gasteiger charge is 2.46. The Morgan fingerprint density at radius 1 is 1.11 bits per heavy atom. The summed E-state index contributed by atoms with van der Waals surface area (Å²) in [6.45, 7) is 3.00. The monoisotopic (exact) mass is 258 g/mol. The van der Waals surface area contributed by atoms with Crippen LogP contribution >= 0.6 is 0 Å². The van der Waals surface area contributed by atoms with E-state index in [1.807, 2.05) is 6.07 Å². The number of carbonyl (C=O) groups excluding carboxylic acids is 1. The number of amides is 1. The van der Waals surface area contributed by atoms with E-state index in [0.717, 1.165) is 45.3 Å². The number of carbonyl (C=O) groups is 1. The fourth-order valence-corrected chi connectivity index (χ4v) is 3.45. The van der Waals surface area contributed by atoms with Crippen LogP contribution in [0.15, 0.2) is 30.3 Å². The highest BCUT2D eigenvalue weighted by atomic mass is 16.2. The maximum absolute atomic E-state index is 12.2. The molecule has 0 saturated carbocycles. The van der Waals surface area contributed by atoms with Gasteiger partial charge in [0.25, 0.3) is 0 Å². The van der Waals surface area contributed by atoms with Gasteiger partial charge in [0.05, 0.1) is 0 Å². The number of piperidine rings is 1. The molecular weight excluding hydrogens is 236 g/mol. The summed E-state index contributed by atoms with van der Waals surface area (Å²) in [7, 11) is 2.17. The van der Waals surface area contributed by atoms with Gasteiger partial charge in [-0.3, -0.25) is 4.79 Å². The van der Waals surface area contributed by atoms with Crippen molar-refractivity contribution >= 4 is 5.91 Å². The van der Waals surface area contributed by atoms with Crippen LogP contribution in [-0.2, 0) is 11.3 Å². The summed E-state index contributed by atoms with van der Waals surface area (Å²) in [6.07, 6.45) is 4.03. The van der Waals surface area contributed by atoms with Crippen LogP contribution in [0.5, 0.6) is 0 Å². The van der Waals surface area contributed by atoms with Gasteiger partial charge in [-0.1, -0.05) is 30.3 Å². The fourth-order valence-electron chi connectivity index (χ4n) is 3.45. The molecular formula is C16H22N2O. The number of likely N-dealkylation sites (tertiary alicyclic amines) is 2. The van der Waals surface area contributed by atoms with Crippen molar-refractivity contribution in [2.45, 2.75) is 37.8 Å². The van der Waals surface area contributed by atoms with Crippen molar-refractivity contribution in [1.29, 1.82) is 0 Å². The predicted molar refractivity (Wildman–Crippen MR) is 75.7 cm³/mol. The van der Waals surface area contributed by atoms with Crippen molar-refractivity contribution < 1.29 is 4.79 Å². The van der Waals surface area contributed by atoms with Crippen molar-refractivity contribution in [1.82, 2.24) is 9.80 Å². The quantitative estimate of drug-likeness (QED) is 0.812. The Labute approximate surface area is 115 Å². The molecule has 0 atom stereocenters. The third kappa shape index (κ3) is 2.39. The molecule has 0 unspecified atom stereocenters. The van der Waals surface area contributed by atoms with Crippen molar-refractivity contribution in [3.05, 3.63) is 35.9 Å². The average Bonchev–Trinajstić information content (AvgIpc) is 2.73. The third-order valence-corrected chi connectivity index (χ3v) is 4.78. The highest BCUT2D eigenvalue weighted by Crippen LogP contribution is 2.39. The molecule has 0 N–H and O–H groups in total. The molecule has 1 amide bonds. The summed E-state index contributed by atoms with van der Waals surface area (Å²) in [6, 6.07) is 10.4. The van der Waals surface area contributed by atoms with E-state index in [-0.39, 0.29) is 5.54 Å². The summed E-state index contributed by atoms with van der Waals surface area (Å²) in [5.41, 5.74) is 1.38. The standard InChI is InChI=1S/C16H22N2O/c1-17-11-9-16(10-12-17)8-7-15(19)18(16)13-14-5-3-2-4-6-14/h2-6H,7-13H2,1H3. The molecule has 0 aromatic heterocycles. The van der Waals surface area contributed by atoms with Gasteiger partial charge in [0.15, 0.2) is 0 Å². The highest BCUT2D eigenvalue weighted by molar-refractivity contribution is 5.79. The second-order valence-corrected chi connectivity index (χ2v) is 5.99. The smallest absolute Gasteiger partial charge is 0.223 e. The lowest BCUT2D eigenvalue weighted by Gasteiger charge is -2.44. The molecule has 1 aromatic carbocycles. The zero-order chi connectivity index (χ0) is 13.3. The number of rotatable bonds is 2. The Bertz CT molecular complexity index is 449. The van der Waals surface area contributed by atoms with Crippen LogP contribution in [0.3, 0.4) is 0 Å². The van der Waals surface area contributed by atoms with Gasteiger partial charge < -0.3 is 9.80 Å². The Hall–Kier alpha value is -1.35. The number of nitrogens with zero attached hydrogens (tertiary/aromatic N) is 2. The van der Waals surface area contributed by atoms with Gasteiger partial charge in [0.1, 0.15) is 0 Å². The molecule has 0 radical (unpaired) electrons. The van der Waals surface area contributed by atoms with E-state index in [4.69, 9.17) is 0 Å². The van der Waals surface area contributed by atoms with Gasteiger partial charge >= 0.3 is 0 Å². The Morgan fingerprint density at radius 3 is 2.47 bits per heavy atom.